The van der Waals surface area contributed by atoms with Gasteiger partial charge in [0, 0.05) is 17.6 Å². The SMILES string of the molecule is C#CC(/C=C(\C)CCC)NC(=C)/C(C)=C\N=C(C)c1ccccc1. The highest BCUT2D eigenvalue weighted by Gasteiger charge is 2.04. The Labute approximate surface area is 147 Å². The van der Waals surface area contributed by atoms with Crippen molar-refractivity contribution in [2.45, 2.75) is 46.6 Å². The van der Waals surface area contributed by atoms with E-state index in [1.165, 1.54) is 5.57 Å². The van der Waals surface area contributed by atoms with Crippen molar-refractivity contribution in [2.24, 2.45) is 4.99 Å². The predicted octanol–water partition coefficient (Wildman–Crippen LogP) is 5.25. The van der Waals surface area contributed by atoms with Crippen molar-refractivity contribution in [3.05, 3.63) is 71.6 Å². The summed E-state index contributed by atoms with van der Waals surface area (Å²) in [5.41, 5.74) is 5.13. The van der Waals surface area contributed by atoms with Crippen molar-refractivity contribution in [1.29, 1.82) is 0 Å². The Morgan fingerprint density at radius 3 is 2.54 bits per heavy atom. The molecule has 0 radical (unpaired) electrons. The minimum absolute atomic E-state index is 0.147. The molecule has 1 N–H and O–H groups in total. The van der Waals surface area contributed by atoms with Crippen LogP contribution in [0.3, 0.4) is 0 Å². The van der Waals surface area contributed by atoms with Gasteiger partial charge in [-0.1, -0.05) is 67.8 Å². The molecule has 0 aliphatic rings. The third-order valence-corrected chi connectivity index (χ3v) is 3.72. The van der Waals surface area contributed by atoms with Crippen LogP contribution in [0.25, 0.3) is 0 Å². The molecule has 1 unspecified atom stereocenters. The molecule has 1 aromatic carbocycles. The van der Waals surface area contributed by atoms with Crippen molar-refractivity contribution < 1.29 is 0 Å². The second-order valence-electron chi connectivity index (χ2n) is 5.92. The van der Waals surface area contributed by atoms with Crippen LogP contribution in [0.1, 0.15) is 46.1 Å². The van der Waals surface area contributed by atoms with E-state index < -0.39 is 0 Å². The first-order chi connectivity index (χ1) is 11.5. The topological polar surface area (TPSA) is 24.4 Å². The minimum atomic E-state index is -0.147. The van der Waals surface area contributed by atoms with Crippen LogP contribution < -0.4 is 5.32 Å². The molecule has 24 heavy (non-hydrogen) atoms. The Hall–Kier alpha value is -2.53. The Bertz CT molecular complexity index is 670. The van der Waals surface area contributed by atoms with Gasteiger partial charge in [0.25, 0.3) is 0 Å². The number of benzene rings is 1. The van der Waals surface area contributed by atoms with E-state index in [1.807, 2.05) is 50.4 Å². The number of nitrogens with zero attached hydrogens (tertiary/aromatic N) is 1. The van der Waals surface area contributed by atoms with E-state index >= 15 is 0 Å². The third-order valence-electron chi connectivity index (χ3n) is 3.72. The van der Waals surface area contributed by atoms with Crippen molar-refractivity contribution in [3.63, 3.8) is 0 Å². The zero-order chi connectivity index (χ0) is 17.9. The molecule has 0 saturated heterocycles. The lowest BCUT2D eigenvalue weighted by molar-refractivity contribution is 0.797. The Morgan fingerprint density at radius 2 is 1.96 bits per heavy atom. The van der Waals surface area contributed by atoms with Crippen molar-refractivity contribution in [2.75, 3.05) is 0 Å². The first kappa shape index (κ1) is 19.5. The average molecular weight is 320 g/mol. The standard InChI is InChI=1S/C22H28N2/c1-7-12-17(3)15-22(8-2)24-19(5)18(4)16-23-20(6)21-13-10-9-11-14-21/h2,9-11,13-16,22,24H,5,7,12H2,1,3-4,6H3/b17-15+,18-16-,23-20?. The zero-order valence-electron chi connectivity index (χ0n) is 15.3. The summed E-state index contributed by atoms with van der Waals surface area (Å²) in [6, 6.07) is 9.96. The molecule has 1 rings (SSSR count). The lowest BCUT2D eigenvalue weighted by Crippen LogP contribution is -2.25. The number of rotatable bonds is 8. The molecule has 0 aromatic heterocycles. The maximum atomic E-state index is 5.62. The second-order valence-corrected chi connectivity index (χ2v) is 5.92. The minimum Gasteiger partial charge on any atom is -0.369 e. The van der Waals surface area contributed by atoms with Crippen molar-refractivity contribution in [3.8, 4) is 12.3 Å². The van der Waals surface area contributed by atoms with Crippen LogP contribution in [0.4, 0.5) is 0 Å². The number of hydrogen-bond donors (Lipinski definition) is 1. The van der Waals surface area contributed by atoms with Gasteiger partial charge >= 0.3 is 0 Å². The van der Waals surface area contributed by atoms with Crippen LogP contribution >= 0.6 is 0 Å². The monoisotopic (exact) mass is 320 g/mol. The van der Waals surface area contributed by atoms with Gasteiger partial charge in [-0.05, 0) is 38.3 Å². The molecule has 0 saturated carbocycles. The predicted molar refractivity (Wildman–Crippen MR) is 106 cm³/mol. The smallest absolute Gasteiger partial charge is 0.106 e. The van der Waals surface area contributed by atoms with E-state index in [9.17, 15) is 0 Å². The molecule has 2 nitrogen and oxygen atoms in total. The molecular weight excluding hydrogens is 292 g/mol. The highest BCUT2D eigenvalue weighted by molar-refractivity contribution is 5.99. The van der Waals surface area contributed by atoms with Gasteiger partial charge in [0.1, 0.15) is 6.04 Å². The zero-order valence-corrected chi connectivity index (χ0v) is 15.3. The normalized spacial score (nSPS) is 14.0. The Morgan fingerprint density at radius 1 is 1.29 bits per heavy atom. The van der Waals surface area contributed by atoms with Crippen LogP contribution in [0.5, 0.6) is 0 Å². The summed E-state index contributed by atoms with van der Waals surface area (Å²) < 4.78 is 0. The summed E-state index contributed by atoms with van der Waals surface area (Å²) in [6.07, 6.45) is 11.7. The van der Waals surface area contributed by atoms with Crippen LogP contribution in [-0.2, 0) is 0 Å². The van der Waals surface area contributed by atoms with E-state index in [1.54, 1.807) is 0 Å². The van der Waals surface area contributed by atoms with Gasteiger partial charge in [-0.3, -0.25) is 4.99 Å². The quantitative estimate of drug-likeness (QED) is 0.301. The maximum absolute atomic E-state index is 5.62. The molecular formula is C22H28N2. The number of nitrogens with one attached hydrogen (secondary N) is 1. The van der Waals surface area contributed by atoms with Gasteiger partial charge in [0.2, 0.25) is 0 Å². The van der Waals surface area contributed by atoms with E-state index in [0.29, 0.717) is 0 Å². The van der Waals surface area contributed by atoms with E-state index in [-0.39, 0.29) is 6.04 Å². The first-order valence-electron chi connectivity index (χ1n) is 8.33. The van der Waals surface area contributed by atoms with Gasteiger partial charge in [0.05, 0.1) is 0 Å². The number of hydrogen-bond acceptors (Lipinski definition) is 2. The van der Waals surface area contributed by atoms with Gasteiger partial charge in [-0.25, -0.2) is 0 Å². The van der Waals surface area contributed by atoms with Crippen LogP contribution in [0.2, 0.25) is 0 Å². The summed E-state index contributed by atoms with van der Waals surface area (Å²) in [7, 11) is 0. The van der Waals surface area contributed by atoms with Crippen molar-refractivity contribution in [1.82, 2.24) is 5.32 Å². The van der Waals surface area contributed by atoms with E-state index in [0.717, 1.165) is 35.4 Å². The summed E-state index contributed by atoms with van der Waals surface area (Å²) >= 11 is 0. The molecule has 0 aliphatic carbocycles. The van der Waals surface area contributed by atoms with E-state index in [4.69, 9.17) is 6.42 Å². The molecule has 0 aliphatic heterocycles. The molecule has 126 valence electrons. The van der Waals surface area contributed by atoms with Gasteiger partial charge in [-0.15, -0.1) is 6.42 Å². The molecule has 0 spiro atoms. The molecule has 0 amide bonds. The number of terminal acetylenes is 1. The number of allylic oxidation sites excluding steroid dienone is 2. The van der Waals surface area contributed by atoms with Gasteiger partial charge in [-0.2, -0.15) is 0 Å². The fraction of sp³-hybridized carbons (Fsp3) is 0.318. The fourth-order valence-electron chi connectivity index (χ4n) is 2.22. The van der Waals surface area contributed by atoms with Crippen LogP contribution in [0, 0.1) is 12.3 Å². The molecule has 0 heterocycles. The van der Waals surface area contributed by atoms with Crippen molar-refractivity contribution >= 4 is 5.71 Å². The van der Waals surface area contributed by atoms with Gasteiger partial charge in [0.15, 0.2) is 0 Å². The largest absolute Gasteiger partial charge is 0.369 e. The summed E-state index contributed by atoms with van der Waals surface area (Å²) in [6.45, 7) is 12.3. The second kappa shape index (κ2) is 10.3. The maximum Gasteiger partial charge on any atom is 0.106 e. The fourth-order valence-corrected chi connectivity index (χ4v) is 2.22. The molecule has 0 bridgehead atoms. The summed E-state index contributed by atoms with van der Waals surface area (Å²) in [5.74, 6) is 2.76. The lowest BCUT2D eigenvalue weighted by Gasteiger charge is -2.14. The van der Waals surface area contributed by atoms with Crippen LogP contribution in [0.15, 0.2) is 71.0 Å². The average Bonchev–Trinajstić information content (AvgIpc) is 2.59. The molecule has 2 heteroatoms. The molecule has 1 atom stereocenters. The Kier molecular flexibility index (Phi) is 8.36. The highest BCUT2D eigenvalue weighted by atomic mass is 14.9. The Balaban J connectivity index is 2.76. The lowest BCUT2D eigenvalue weighted by atomic mass is 10.1. The number of aliphatic imine (C=N–C) groups is 1. The summed E-state index contributed by atoms with van der Waals surface area (Å²) in [5, 5.41) is 3.27. The first-order valence-corrected chi connectivity index (χ1v) is 8.33. The highest BCUT2D eigenvalue weighted by Crippen LogP contribution is 2.09. The molecule has 0 fully saturated rings. The third kappa shape index (κ3) is 6.71. The van der Waals surface area contributed by atoms with E-state index in [2.05, 4.69) is 42.7 Å². The van der Waals surface area contributed by atoms with Gasteiger partial charge < -0.3 is 5.32 Å². The summed E-state index contributed by atoms with van der Waals surface area (Å²) in [4.78, 5) is 4.53. The van der Waals surface area contributed by atoms with Crippen LogP contribution in [-0.4, -0.2) is 11.8 Å². The molecule has 1 aromatic rings.